The molecule has 3 nitrogen and oxygen atoms in total. The van der Waals surface area contributed by atoms with Gasteiger partial charge in [0, 0.05) is 18.5 Å². The van der Waals surface area contributed by atoms with Crippen molar-refractivity contribution in [3.8, 4) is 0 Å². The van der Waals surface area contributed by atoms with Gasteiger partial charge in [-0.3, -0.25) is 0 Å². The number of nitrogens with zero attached hydrogens (tertiary/aromatic N) is 2. The van der Waals surface area contributed by atoms with Crippen molar-refractivity contribution in [1.82, 2.24) is 4.98 Å². The van der Waals surface area contributed by atoms with Gasteiger partial charge in [-0.25, -0.2) is 4.98 Å². The zero-order valence-corrected chi connectivity index (χ0v) is 8.68. The summed E-state index contributed by atoms with van der Waals surface area (Å²) in [6.07, 6.45) is 1.71. The molecular formula is C8H11ClN2OS. The minimum Gasteiger partial charge on any atom is -0.391 e. The number of hydrogen-bond acceptors (Lipinski definition) is 4. The molecule has 1 atom stereocenters. The van der Waals surface area contributed by atoms with E-state index in [1.54, 1.807) is 0 Å². The first-order chi connectivity index (χ1) is 6.25. The van der Waals surface area contributed by atoms with Crippen LogP contribution in [0.1, 0.15) is 12.8 Å². The fraction of sp³-hybridized carbons (Fsp3) is 0.625. The van der Waals surface area contributed by atoms with E-state index >= 15 is 0 Å². The van der Waals surface area contributed by atoms with Crippen LogP contribution in [0.3, 0.4) is 0 Å². The molecule has 0 aliphatic carbocycles. The van der Waals surface area contributed by atoms with Crippen molar-refractivity contribution in [2.45, 2.75) is 18.9 Å². The van der Waals surface area contributed by atoms with Gasteiger partial charge in [0.1, 0.15) is 5.15 Å². The Morgan fingerprint density at radius 2 is 2.54 bits per heavy atom. The number of piperidine rings is 1. The van der Waals surface area contributed by atoms with E-state index in [1.807, 2.05) is 5.38 Å². The molecule has 1 fully saturated rings. The van der Waals surface area contributed by atoms with Crippen LogP contribution in [-0.2, 0) is 0 Å². The molecule has 0 aromatic carbocycles. The zero-order chi connectivity index (χ0) is 9.26. The minimum atomic E-state index is -0.212. The molecule has 13 heavy (non-hydrogen) atoms. The average Bonchev–Trinajstić information content (AvgIpc) is 2.52. The molecule has 0 bridgehead atoms. The molecule has 0 radical (unpaired) electrons. The smallest absolute Gasteiger partial charge is 0.186 e. The first kappa shape index (κ1) is 9.24. The Kier molecular flexibility index (Phi) is 2.71. The lowest BCUT2D eigenvalue weighted by Gasteiger charge is -2.29. The second kappa shape index (κ2) is 3.82. The van der Waals surface area contributed by atoms with Crippen LogP contribution < -0.4 is 4.90 Å². The second-order valence-corrected chi connectivity index (χ2v) is 4.42. The van der Waals surface area contributed by atoms with E-state index in [-0.39, 0.29) is 6.10 Å². The summed E-state index contributed by atoms with van der Waals surface area (Å²) in [5.41, 5.74) is 0. The van der Waals surface area contributed by atoms with E-state index in [9.17, 15) is 5.11 Å². The zero-order valence-electron chi connectivity index (χ0n) is 7.11. The van der Waals surface area contributed by atoms with Crippen molar-refractivity contribution in [3.63, 3.8) is 0 Å². The lowest BCUT2D eigenvalue weighted by Crippen LogP contribution is -2.38. The van der Waals surface area contributed by atoms with Crippen molar-refractivity contribution in [3.05, 3.63) is 10.5 Å². The van der Waals surface area contributed by atoms with Crippen LogP contribution in [-0.4, -0.2) is 29.3 Å². The molecule has 2 heterocycles. The lowest BCUT2D eigenvalue weighted by molar-refractivity contribution is 0.154. The molecule has 72 valence electrons. The van der Waals surface area contributed by atoms with Crippen LogP contribution in [0.25, 0.3) is 0 Å². The van der Waals surface area contributed by atoms with Crippen molar-refractivity contribution in [1.29, 1.82) is 0 Å². The first-order valence-corrected chi connectivity index (χ1v) is 5.55. The maximum Gasteiger partial charge on any atom is 0.186 e. The van der Waals surface area contributed by atoms with Crippen molar-refractivity contribution < 1.29 is 5.11 Å². The fourth-order valence-electron chi connectivity index (χ4n) is 1.52. The summed E-state index contributed by atoms with van der Waals surface area (Å²) in [7, 11) is 0. The van der Waals surface area contributed by atoms with Crippen LogP contribution >= 0.6 is 22.9 Å². The lowest BCUT2D eigenvalue weighted by atomic mass is 10.1. The SMILES string of the molecule is OC1CCCN(c2nc(Cl)cs2)C1. The predicted octanol–water partition coefficient (Wildman–Crippen LogP) is 1.76. The Morgan fingerprint density at radius 3 is 3.15 bits per heavy atom. The van der Waals surface area contributed by atoms with Gasteiger partial charge in [0.25, 0.3) is 0 Å². The van der Waals surface area contributed by atoms with Crippen LogP contribution in [0.2, 0.25) is 5.15 Å². The maximum absolute atomic E-state index is 9.45. The highest BCUT2D eigenvalue weighted by Crippen LogP contribution is 2.25. The summed E-state index contributed by atoms with van der Waals surface area (Å²) >= 11 is 7.26. The third kappa shape index (κ3) is 2.13. The summed E-state index contributed by atoms with van der Waals surface area (Å²) in [5, 5.41) is 12.7. The highest BCUT2D eigenvalue weighted by molar-refractivity contribution is 7.14. The Bertz CT molecular complexity index is 291. The quantitative estimate of drug-likeness (QED) is 0.781. The van der Waals surface area contributed by atoms with E-state index in [0.717, 1.165) is 24.5 Å². The van der Waals surface area contributed by atoms with E-state index in [0.29, 0.717) is 11.7 Å². The molecule has 0 saturated carbocycles. The summed E-state index contributed by atoms with van der Waals surface area (Å²) in [4.78, 5) is 6.26. The highest BCUT2D eigenvalue weighted by Gasteiger charge is 2.19. The number of anilines is 1. The topological polar surface area (TPSA) is 36.4 Å². The molecule has 5 heteroatoms. The highest BCUT2D eigenvalue weighted by atomic mass is 35.5. The van der Waals surface area contributed by atoms with Gasteiger partial charge in [-0.2, -0.15) is 0 Å². The monoisotopic (exact) mass is 218 g/mol. The number of halogens is 1. The number of aromatic nitrogens is 1. The van der Waals surface area contributed by atoms with Gasteiger partial charge in [-0.15, -0.1) is 11.3 Å². The third-order valence-corrected chi connectivity index (χ3v) is 3.36. The van der Waals surface area contributed by atoms with Crippen molar-refractivity contribution in [2.75, 3.05) is 18.0 Å². The van der Waals surface area contributed by atoms with Crippen molar-refractivity contribution >= 4 is 28.1 Å². The van der Waals surface area contributed by atoms with Crippen LogP contribution in [0, 0.1) is 0 Å². The summed E-state index contributed by atoms with van der Waals surface area (Å²) in [6.45, 7) is 1.66. The average molecular weight is 219 g/mol. The fourth-order valence-corrected chi connectivity index (χ4v) is 2.50. The van der Waals surface area contributed by atoms with Crippen molar-refractivity contribution in [2.24, 2.45) is 0 Å². The molecule has 1 aromatic rings. The van der Waals surface area contributed by atoms with Gasteiger partial charge >= 0.3 is 0 Å². The molecule has 2 rings (SSSR count). The van der Waals surface area contributed by atoms with Crippen LogP contribution in [0.4, 0.5) is 5.13 Å². The molecule has 1 aliphatic rings. The minimum absolute atomic E-state index is 0.212. The molecular weight excluding hydrogens is 208 g/mol. The number of aliphatic hydroxyl groups is 1. The normalized spacial score (nSPS) is 23.5. The van der Waals surface area contributed by atoms with Crippen LogP contribution in [0.5, 0.6) is 0 Å². The summed E-state index contributed by atoms with van der Waals surface area (Å²) in [6, 6.07) is 0. The Labute approximate surface area is 86.0 Å². The molecule has 1 aromatic heterocycles. The Morgan fingerprint density at radius 1 is 1.69 bits per heavy atom. The molecule has 1 unspecified atom stereocenters. The predicted molar refractivity (Wildman–Crippen MR) is 54.6 cm³/mol. The van der Waals surface area contributed by atoms with Gasteiger partial charge < -0.3 is 10.0 Å². The Hall–Kier alpha value is -0.320. The van der Waals surface area contributed by atoms with Crippen LogP contribution in [0.15, 0.2) is 5.38 Å². The summed E-state index contributed by atoms with van der Waals surface area (Å²) in [5.74, 6) is 0. The van der Waals surface area contributed by atoms with E-state index < -0.39 is 0 Å². The molecule has 1 N–H and O–H groups in total. The second-order valence-electron chi connectivity index (χ2n) is 3.19. The summed E-state index contributed by atoms with van der Waals surface area (Å²) < 4.78 is 0. The number of rotatable bonds is 1. The molecule has 0 amide bonds. The van der Waals surface area contributed by atoms with E-state index in [4.69, 9.17) is 11.6 Å². The van der Waals surface area contributed by atoms with E-state index in [1.165, 1.54) is 11.3 Å². The molecule has 0 spiro atoms. The largest absolute Gasteiger partial charge is 0.391 e. The first-order valence-electron chi connectivity index (χ1n) is 4.30. The standard InChI is InChI=1S/C8H11ClN2OS/c9-7-5-13-8(10-7)11-3-1-2-6(12)4-11/h5-6,12H,1-4H2. The molecule has 1 aliphatic heterocycles. The van der Waals surface area contributed by atoms with Gasteiger partial charge in [0.15, 0.2) is 5.13 Å². The number of hydrogen-bond donors (Lipinski definition) is 1. The number of aliphatic hydroxyl groups excluding tert-OH is 1. The van der Waals surface area contributed by atoms with E-state index in [2.05, 4.69) is 9.88 Å². The molecule has 1 saturated heterocycles. The van der Waals surface area contributed by atoms with Gasteiger partial charge in [-0.05, 0) is 12.8 Å². The number of β-amino-alcohol motifs (C(OH)–C–C–N with tert-alkyl or cyclic N) is 1. The maximum atomic E-state index is 9.45. The third-order valence-electron chi connectivity index (χ3n) is 2.13. The number of thiazole rings is 1. The van der Waals surface area contributed by atoms with Gasteiger partial charge in [0.05, 0.1) is 6.10 Å². The Balaban J connectivity index is 2.08. The van der Waals surface area contributed by atoms with Gasteiger partial charge in [-0.1, -0.05) is 11.6 Å². The van der Waals surface area contributed by atoms with Gasteiger partial charge in [0.2, 0.25) is 0 Å².